The van der Waals surface area contributed by atoms with Crippen LogP contribution in [0.3, 0.4) is 0 Å². The van der Waals surface area contributed by atoms with Crippen LogP contribution in [0, 0.1) is 0 Å². The molecule has 9 heteroatoms. The number of likely N-dealkylation sites (N-methyl/N-ethyl adjacent to an activating group) is 1. The van der Waals surface area contributed by atoms with Crippen molar-refractivity contribution < 1.29 is 4.79 Å². The van der Waals surface area contributed by atoms with Crippen molar-refractivity contribution in [2.24, 2.45) is 0 Å². The average molecular weight is 462 g/mol. The van der Waals surface area contributed by atoms with Gasteiger partial charge in [0.05, 0.1) is 17.4 Å². The maximum Gasteiger partial charge on any atom is 0.263 e. The minimum absolute atomic E-state index is 0.0564. The van der Waals surface area contributed by atoms with E-state index in [0.717, 1.165) is 57.4 Å². The van der Waals surface area contributed by atoms with Crippen LogP contribution in [0.5, 0.6) is 0 Å². The Balaban J connectivity index is 1.41. The molecule has 0 amide bonds. The fourth-order valence-corrected chi connectivity index (χ4v) is 5.15. The Morgan fingerprint density at radius 1 is 1.15 bits per heavy atom. The van der Waals surface area contributed by atoms with E-state index >= 15 is 0 Å². The first-order valence-electron chi connectivity index (χ1n) is 12.2. The summed E-state index contributed by atoms with van der Waals surface area (Å²) >= 11 is 0. The summed E-state index contributed by atoms with van der Waals surface area (Å²) in [5.74, 6) is 0.781. The number of nitrogens with one attached hydrogen (secondary N) is 2. The zero-order valence-corrected chi connectivity index (χ0v) is 19.8. The standard InChI is InChI=1S/C25H31N7O2/c1-3-26-18-10-11-31(15-18)20-8-9-22(27-14-20)29-25-28-13-17-12-21(16(2)33)24(34)32(23(17)30-25)19-6-4-5-7-19/h8-9,12-14,18-19,26H,3-7,10-11,15H2,1-2H3,(H,27,28,29,30). The van der Waals surface area contributed by atoms with Crippen LogP contribution in [0.25, 0.3) is 11.0 Å². The highest BCUT2D eigenvalue weighted by Crippen LogP contribution is 2.31. The molecule has 1 saturated heterocycles. The van der Waals surface area contributed by atoms with Crippen molar-refractivity contribution in [2.45, 2.75) is 58.0 Å². The van der Waals surface area contributed by atoms with E-state index in [1.54, 1.807) is 16.8 Å². The van der Waals surface area contributed by atoms with E-state index in [0.29, 0.717) is 28.8 Å². The van der Waals surface area contributed by atoms with Gasteiger partial charge in [0.15, 0.2) is 5.78 Å². The van der Waals surface area contributed by atoms with Gasteiger partial charge in [-0.15, -0.1) is 0 Å². The molecule has 1 aliphatic heterocycles. The zero-order valence-electron chi connectivity index (χ0n) is 19.8. The molecular weight excluding hydrogens is 430 g/mol. The number of nitrogens with zero attached hydrogens (tertiary/aromatic N) is 5. The minimum atomic E-state index is -0.263. The number of hydrogen-bond donors (Lipinski definition) is 2. The summed E-state index contributed by atoms with van der Waals surface area (Å²) in [6.07, 6.45) is 8.64. The van der Waals surface area contributed by atoms with Crippen molar-refractivity contribution in [1.82, 2.24) is 24.8 Å². The fraction of sp³-hybridized carbons (Fsp3) is 0.480. The Hall–Kier alpha value is -3.33. The number of fused-ring (bicyclic) bond motifs is 1. The Morgan fingerprint density at radius 3 is 2.68 bits per heavy atom. The maximum atomic E-state index is 13.1. The van der Waals surface area contributed by atoms with Gasteiger partial charge < -0.3 is 15.5 Å². The molecule has 0 bridgehead atoms. The molecule has 1 aliphatic carbocycles. The van der Waals surface area contributed by atoms with Gasteiger partial charge in [0.1, 0.15) is 11.5 Å². The van der Waals surface area contributed by atoms with Crippen LogP contribution < -0.4 is 21.1 Å². The van der Waals surface area contributed by atoms with Gasteiger partial charge in [0.2, 0.25) is 5.95 Å². The second-order valence-electron chi connectivity index (χ2n) is 9.22. The molecule has 5 rings (SSSR count). The van der Waals surface area contributed by atoms with Gasteiger partial charge >= 0.3 is 0 Å². The van der Waals surface area contributed by atoms with Crippen LogP contribution in [0.15, 0.2) is 35.4 Å². The molecule has 0 radical (unpaired) electrons. The van der Waals surface area contributed by atoms with E-state index in [2.05, 4.69) is 43.5 Å². The van der Waals surface area contributed by atoms with Gasteiger partial charge in [0.25, 0.3) is 5.56 Å². The number of carbonyl (C=O) groups is 1. The molecular formula is C25H31N7O2. The van der Waals surface area contributed by atoms with Crippen molar-refractivity contribution >= 4 is 34.3 Å². The molecule has 3 aromatic rings. The first kappa shape index (κ1) is 22.5. The van der Waals surface area contributed by atoms with Gasteiger partial charge in [0, 0.05) is 36.8 Å². The Labute approximate surface area is 198 Å². The van der Waals surface area contributed by atoms with Crippen LogP contribution in [0.2, 0.25) is 0 Å². The van der Waals surface area contributed by atoms with Gasteiger partial charge in [-0.05, 0) is 50.9 Å². The zero-order chi connectivity index (χ0) is 23.7. The predicted molar refractivity (Wildman–Crippen MR) is 133 cm³/mol. The monoisotopic (exact) mass is 461 g/mol. The summed E-state index contributed by atoms with van der Waals surface area (Å²) in [7, 11) is 0. The van der Waals surface area contributed by atoms with E-state index in [4.69, 9.17) is 0 Å². The first-order valence-corrected chi connectivity index (χ1v) is 12.2. The normalized spacial score (nSPS) is 18.6. The lowest BCUT2D eigenvalue weighted by molar-refractivity contribution is 0.101. The molecule has 3 aromatic heterocycles. The number of aromatic nitrogens is 4. The van der Waals surface area contributed by atoms with E-state index in [1.165, 1.54) is 6.92 Å². The van der Waals surface area contributed by atoms with Crippen LogP contribution in [-0.4, -0.2) is 51.0 Å². The molecule has 1 saturated carbocycles. The molecule has 2 N–H and O–H groups in total. The topological polar surface area (TPSA) is 105 Å². The van der Waals surface area contributed by atoms with Gasteiger partial charge in [-0.25, -0.2) is 9.97 Å². The van der Waals surface area contributed by atoms with E-state index in [-0.39, 0.29) is 22.9 Å². The molecule has 34 heavy (non-hydrogen) atoms. The average Bonchev–Trinajstić information content (AvgIpc) is 3.52. The summed E-state index contributed by atoms with van der Waals surface area (Å²) in [6.45, 7) is 6.54. The Morgan fingerprint density at radius 2 is 1.97 bits per heavy atom. The fourth-order valence-electron chi connectivity index (χ4n) is 5.15. The number of hydrogen-bond acceptors (Lipinski definition) is 8. The molecule has 0 aromatic carbocycles. The molecule has 2 aliphatic rings. The molecule has 178 valence electrons. The van der Waals surface area contributed by atoms with Crippen molar-refractivity contribution in [3.63, 3.8) is 0 Å². The lowest BCUT2D eigenvalue weighted by Gasteiger charge is -2.19. The molecule has 2 fully saturated rings. The summed E-state index contributed by atoms with van der Waals surface area (Å²) in [6, 6.07) is 6.17. The SMILES string of the molecule is CCNC1CCN(c2ccc(Nc3ncc4cc(C(C)=O)c(=O)n(C5CCCC5)c4n3)nc2)C1. The van der Waals surface area contributed by atoms with E-state index < -0.39 is 0 Å². The largest absolute Gasteiger partial charge is 0.369 e. The van der Waals surface area contributed by atoms with Crippen molar-refractivity contribution in [3.8, 4) is 0 Å². The van der Waals surface area contributed by atoms with E-state index in [1.807, 2.05) is 12.3 Å². The van der Waals surface area contributed by atoms with Gasteiger partial charge in [-0.3, -0.25) is 14.2 Å². The van der Waals surface area contributed by atoms with Gasteiger partial charge in [-0.2, -0.15) is 4.98 Å². The van der Waals surface area contributed by atoms with Crippen LogP contribution >= 0.6 is 0 Å². The van der Waals surface area contributed by atoms with Crippen LogP contribution in [0.4, 0.5) is 17.5 Å². The number of carbonyl (C=O) groups excluding carboxylic acids is 1. The molecule has 9 nitrogen and oxygen atoms in total. The summed E-state index contributed by atoms with van der Waals surface area (Å²) in [5.41, 5.74) is 1.58. The number of rotatable bonds is 7. The lowest BCUT2D eigenvalue weighted by atomic mass is 10.1. The van der Waals surface area contributed by atoms with E-state index in [9.17, 15) is 9.59 Å². The maximum absolute atomic E-state index is 13.1. The minimum Gasteiger partial charge on any atom is -0.369 e. The van der Waals surface area contributed by atoms with Crippen molar-refractivity contribution in [1.29, 1.82) is 0 Å². The predicted octanol–water partition coefficient (Wildman–Crippen LogP) is 3.44. The molecule has 4 heterocycles. The highest BCUT2D eigenvalue weighted by atomic mass is 16.1. The second kappa shape index (κ2) is 9.50. The second-order valence-corrected chi connectivity index (χ2v) is 9.22. The third kappa shape index (κ3) is 4.40. The smallest absolute Gasteiger partial charge is 0.263 e. The summed E-state index contributed by atoms with van der Waals surface area (Å²) in [4.78, 5) is 41.2. The van der Waals surface area contributed by atoms with Crippen molar-refractivity contribution in [3.05, 3.63) is 46.5 Å². The number of ketones is 1. The highest BCUT2D eigenvalue weighted by Gasteiger charge is 2.24. The number of anilines is 3. The highest BCUT2D eigenvalue weighted by molar-refractivity contribution is 5.96. The third-order valence-corrected chi connectivity index (χ3v) is 6.88. The van der Waals surface area contributed by atoms with Crippen LogP contribution in [0.1, 0.15) is 62.4 Å². The van der Waals surface area contributed by atoms with Gasteiger partial charge in [-0.1, -0.05) is 19.8 Å². The lowest BCUT2D eigenvalue weighted by Crippen LogP contribution is -2.32. The Bertz CT molecular complexity index is 1250. The molecule has 1 unspecified atom stereocenters. The number of pyridine rings is 2. The molecule has 1 atom stereocenters. The third-order valence-electron chi connectivity index (χ3n) is 6.88. The number of Topliss-reactive ketones (excluding diaryl/α,β-unsaturated/α-hetero) is 1. The van der Waals surface area contributed by atoms with Crippen LogP contribution in [-0.2, 0) is 0 Å². The Kier molecular flexibility index (Phi) is 6.28. The van der Waals surface area contributed by atoms with Crippen molar-refractivity contribution in [2.75, 3.05) is 29.9 Å². The molecule has 0 spiro atoms. The quantitative estimate of drug-likeness (QED) is 0.516. The summed E-state index contributed by atoms with van der Waals surface area (Å²) < 4.78 is 1.70. The summed E-state index contributed by atoms with van der Waals surface area (Å²) in [5, 5.41) is 7.37. The first-order chi connectivity index (χ1) is 16.5.